The fraction of sp³-hybridized carbons (Fsp3) is 0.122. The third-order valence-corrected chi connectivity index (χ3v) is 14.0. The van der Waals surface area contributed by atoms with E-state index in [4.69, 9.17) is 0 Å². The maximum absolute atomic E-state index is 13.9. The van der Waals surface area contributed by atoms with E-state index in [-0.39, 0.29) is 19.9 Å². The summed E-state index contributed by atoms with van der Waals surface area (Å²) in [6, 6.07) is 45.2. The van der Waals surface area contributed by atoms with Crippen molar-refractivity contribution < 1.29 is 0 Å². The Labute approximate surface area is 313 Å². The van der Waals surface area contributed by atoms with Crippen molar-refractivity contribution in [1.29, 1.82) is 0 Å². The third kappa shape index (κ3) is 4.56. The van der Waals surface area contributed by atoms with E-state index in [1.807, 2.05) is 12.1 Å². The molecule has 0 fully saturated rings. The second-order valence-corrected chi connectivity index (χ2v) is 17.5. The second kappa shape index (κ2) is 11.2. The molecule has 1 aliphatic rings. The predicted molar refractivity (Wildman–Crippen MR) is 224 cm³/mol. The number of hydrogen-bond donors (Lipinski definition) is 0. The summed E-state index contributed by atoms with van der Waals surface area (Å²) in [5.74, 6) is 0. The molecule has 4 heteroatoms. The van der Waals surface area contributed by atoms with Crippen molar-refractivity contribution in [1.82, 2.24) is 9.13 Å². The number of nitrogens with zero attached hydrogens (tertiary/aromatic N) is 2. The second-order valence-electron chi connectivity index (χ2n) is 15.3. The molecule has 1 aliphatic carbocycles. The third-order valence-electron chi connectivity index (χ3n) is 11.6. The molecule has 3 heterocycles. The van der Waals surface area contributed by atoms with Gasteiger partial charge in [0.2, 0.25) is 0 Å². The predicted octanol–water partition coefficient (Wildman–Crippen LogP) is 11.3. The van der Waals surface area contributed by atoms with Crippen molar-refractivity contribution in [3.8, 4) is 11.4 Å². The van der Waals surface area contributed by atoms with Gasteiger partial charge >= 0.3 is 287 Å². The van der Waals surface area contributed by atoms with E-state index in [1.165, 1.54) is 108 Å². The zero-order valence-electron chi connectivity index (χ0n) is 30.2. The molecular formula is C49H36N2OSe. The summed E-state index contributed by atoms with van der Waals surface area (Å²) >= 11 is 0.0978. The van der Waals surface area contributed by atoms with Crippen LogP contribution in [0.25, 0.3) is 74.3 Å². The van der Waals surface area contributed by atoms with E-state index < -0.39 is 0 Å². The summed E-state index contributed by atoms with van der Waals surface area (Å²) in [6.07, 6.45) is 1.61. The van der Waals surface area contributed by atoms with Gasteiger partial charge in [0.25, 0.3) is 0 Å². The first-order chi connectivity index (χ1) is 25.8. The first kappa shape index (κ1) is 30.9. The molecule has 10 aromatic rings. The number of aryl methyl sites for hydroxylation is 4. The van der Waals surface area contributed by atoms with Crippen LogP contribution in [0, 0.1) is 27.7 Å². The molecule has 0 N–H and O–H groups in total. The molecule has 0 radical (unpaired) electrons. The van der Waals surface area contributed by atoms with E-state index in [0.717, 1.165) is 23.6 Å². The van der Waals surface area contributed by atoms with Crippen molar-refractivity contribution in [3.63, 3.8) is 0 Å². The van der Waals surface area contributed by atoms with Gasteiger partial charge < -0.3 is 0 Å². The van der Waals surface area contributed by atoms with Gasteiger partial charge in [-0.05, 0) is 27.7 Å². The Kier molecular flexibility index (Phi) is 6.51. The average molecular weight is 748 g/mol. The van der Waals surface area contributed by atoms with Gasteiger partial charge in [-0.1, -0.05) is 0 Å². The topological polar surface area (TPSA) is 26.9 Å². The van der Waals surface area contributed by atoms with Crippen LogP contribution in [0.2, 0.25) is 0 Å². The van der Waals surface area contributed by atoms with Crippen molar-refractivity contribution in [3.05, 3.63) is 176 Å². The van der Waals surface area contributed by atoms with E-state index in [0.29, 0.717) is 0 Å². The van der Waals surface area contributed by atoms with Crippen LogP contribution in [0.1, 0.15) is 44.5 Å². The minimum atomic E-state index is 0.0978. The molecule has 254 valence electrons. The van der Waals surface area contributed by atoms with Gasteiger partial charge in [0, 0.05) is 0 Å². The van der Waals surface area contributed by atoms with Crippen LogP contribution in [-0.4, -0.2) is 23.6 Å². The first-order valence-electron chi connectivity index (χ1n) is 18.5. The van der Waals surface area contributed by atoms with Crippen LogP contribution in [0.15, 0.2) is 126 Å². The molecule has 0 unspecified atom stereocenters. The van der Waals surface area contributed by atoms with Crippen LogP contribution in [-0.2, 0) is 12.8 Å². The van der Waals surface area contributed by atoms with Crippen molar-refractivity contribution in [2.24, 2.45) is 0 Å². The zero-order chi connectivity index (χ0) is 35.7. The first-order valence-corrected chi connectivity index (χ1v) is 20.2. The SMILES string of the molecule is Cc1ccc2c(c1)c1cc(C)ccc1n2-c1cc2c(c(-n3c4ccc(C)cc4c4cc(C)ccc43)c1)Cc1cc3c(=O)c4ccccc4[se]c3cc1C2. The summed E-state index contributed by atoms with van der Waals surface area (Å²) in [5, 5.41) is 6.89. The molecule has 0 bridgehead atoms. The van der Waals surface area contributed by atoms with E-state index in [2.05, 4.69) is 146 Å². The van der Waals surface area contributed by atoms with Gasteiger partial charge in [0.15, 0.2) is 0 Å². The molecule has 3 aromatic heterocycles. The summed E-state index contributed by atoms with van der Waals surface area (Å²) in [7, 11) is 0. The summed E-state index contributed by atoms with van der Waals surface area (Å²) in [5.41, 5.74) is 17.8. The van der Waals surface area contributed by atoms with Crippen molar-refractivity contribution in [2.45, 2.75) is 40.5 Å². The zero-order valence-corrected chi connectivity index (χ0v) is 31.9. The number of aromatic nitrogens is 2. The average Bonchev–Trinajstić information content (AvgIpc) is 3.64. The van der Waals surface area contributed by atoms with E-state index in [9.17, 15) is 4.79 Å². The molecule has 53 heavy (non-hydrogen) atoms. The Morgan fingerprint density at radius 1 is 0.453 bits per heavy atom. The van der Waals surface area contributed by atoms with Gasteiger partial charge in [-0.25, -0.2) is 0 Å². The number of benzene rings is 7. The molecule has 3 nitrogen and oxygen atoms in total. The molecule has 11 rings (SSSR count). The van der Waals surface area contributed by atoms with Crippen LogP contribution in [0.5, 0.6) is 0 Å². The maximum atomic E-state index is 13.9. The fourth-order valence-corrected chi connectivity index (χ4v) is 11.4. The number of fused-ring (bicyclic) bond motifs is 10. The minimum absolute atomic E-state index is 0.0978. The molecular weight excluding hydrogens is 712 g/mol. The van der Waals surface area contributed by atoms with E-state index >= 15 is 0 Å². The Hall–Kier alpha value is -5.67. The van der Waals surface area contributed by atoms with Gasteiger partial charge in [-0.15, -0.1) is 0 Å². The molecule has 7 aromatic carbocycles. The molecule has 0 saturated carbocycles. The van der Waals surface area contributed by atoms with Crippen LogP contribution in [0.4, 0.5) is 0 Å². The van der Waals surface area contributed by atoms with Gasteiger partial charge in [-0.3, -0.25) is 0 Å². The molecule has 0 aliphatic heterocycles. The van der Waals surface area contributed by atoms with Crippen LogP contribution < -0.4 is 5.43 Å². The summed E-state index contributed by atoms with van der Waals surface area (Å²) < 4.78 is 7.39. The standard InChI is InChI=1S/C49H36N2OSe/c1-27-9-13-42-37(17-27)38-18-28(2)10-14-43(38)50(42)34-22-33-21-31-25-48-41(49(52)35-7-5-6-8-47(35)53-48)24-32(31)23-36(33)46(26-34)51-44-15-11-29(3)19-39(44)40-20-30(4)12-16-45(40)51/h5-20,22,24-26H,21,23H2,1-4H3. The number of rotatable bonds is 2. The monoisotopic (exact) mass is 748 g/mol. The molecule has 0 atom stereocenters. The van der Waals surface area contributed by atoms with Crippen molar-refractivity contribution in [2.75, 3.05) is 0 Å². The normalized spacial score (nSPS) is 12.8. The van der Waals surface area contributed by atoms with Gasteiger partial charge in [0.05, 0.1) is 0 Å². The Morgan fingerprint density at radius 3 is 1.57 bits per heavy atom. The van der Waals surface area contributed by atoms with Gasteiger partial charge in [0.1, 0.15) is 0 Å². The van der Waals surface area contributed by atoms with E-state index in [1.54, 1.807) is 0 Å². The van der Waals surface area contributed by atoms with Crippen molar-refractivity contribution >= 4 is 77.4 Å². The summed E-state index contributed by atoms with van der Waals surface area (Å²) in [4.78, 5) is 13.9. The Morgan fingerprint density at radius 2 is 0.981 bits per heavy atom. The van der Waals surface area contributed by atoms with Gasteiger partial charge in [-0.2, -0.15) is 0 Å². The van der Waals surface area contributed by atoms with Crippen LogP contribution >= 0.6 is 0 Å². The fourth-order valence-electron chi connectivity index (χ4n) is 9.09. The quantitative estimate of drug-likeness (QED) is 0.128. The molecule has 0 amide bonds. The summed E-state index contributed by atoms with van der Waals surface area (Å²) in [6.45, 7) is 8.74. The Bertz CT molecular complexity index is 3180. The molecule has 0 saturated heterocycles. The number of hydrogen-bond acceptors (Lipinski definition) is 1. The van der Waals surface area contributed by atoms with Crippen LogP contribution in [0.3, 0.4) is 0 Å². The Balaban J connectivity index is 1.24. The molecule has 0 spiro atoms.